The molecule has 0 aliphatic rings. The van der Waals surface area contributed by atoms with Crippen molar-refractivity contribution in [1.82, 2.24) is 4.90 Å². The monoisotopic (exact) mass is 333 g/mol. The van der Waals surface area contributed by atoms with E-state index < -0.39 is 12.1 Å². The van der Waals surface area contributed by atoms with Crippen LogP contribution in [0.25, 0.3) is 0 Å². The summed E-state index contributed by atoms with van der Waals surface area (Å²) in [6, 6.07) is 12.7. The molecule has 0 heterocycles. The lowest BCUT2D eigenvalue weighted by Crippen LogP contribution is -2.31. The average molecular weight is 334 g/mol. The zero-order valence-electron chi connectivity index (χ0n) is 12.7. The fourth-order valence-corrected chi connectivity index (χ4v) is 2.14. The molecule has 1 N–H and O–H groups in total. The van der Waals surface area contributed by atoms with Crippen LogP contribution in [0.3, 0.4) is 0 Å². The minimum absolute atomic E-state index is 0.0538. The SMILES string of the molecule is CN(C)C(=O)C(OC(=O)c1ccc(Cl)cc1O)c1ccccc1. The van der Waals surface area contributed by atoms with Gasteiger partial charge in [-0.05, 0) is 18.2 Å². The van der Waals surface area contributed by atoms with E-state index in [-0.39, 0.29) is 17.2 Å². The zero-order chi connectivity index (χ0) is 17.0. The predicted molar refractivity (Wildman–Crippen MR) is 86.4 cm³/mol. The lowest BCUT2D eigenvalue weighted by Gasteiger charge is -2.21. The zero-order valence-corrected chi connectivity index (χ0v) is 13.4. The molecule has 23 heavy (non-hydrogen) atoms. The molecule has 2 aromatic carbocycles. The second-order valence-electron chi connectivity index (χ2n) is 5.09. The highest BCUT2D eigenvalue weighted by molar-refractivity contribution is 6.30. The lowest BCUT2D eigenvalue weighted by atomic mass is 10.1. The molecular formula is C17H16ClNO4. The van der Waals surface area contributed by atoms with E-state index in [9.17, 15) is 14.7 Å². The van der Waals surface area contributed by atoms with Crippen molar-refractivity contribution in [2.45, 2.75) is 6.10 Å². The smallest absolute Gasteiger partial charge is 0.343 e. The molecule has 0 fully saturated rings. The number of likely N-dealkylation sites (N-methyl/N-ethyl adjacent to an activating group) is 1. The molecule has 2 rings (SSSR count). The number of hydrogen-bond acceptors (Lipinski definition) is 4. The molecule has 2 aromatic rings. The third kappa shape index (κ3) is 4.02. The molecule has 0 aromatic heterocycles. The summed E-state index contributed by atoms with van der Waals surface area (Å²) in [7, 11) is 3.15. The Hall–Kier alpha value is -2.53. The molecule has 1 atom stereocenters. The van der Waals surface area contributed by atoms with Gasteiger partial charge in [0.1, 0.15) is 11.3 Å². The van der Waals surface area contributed by atoms with Crippen molar-refractivity contribution in [3.8, 4) is 5.75 Å². The highest BCUT2D eigenvalue weighted by Gasteiger charge is 2.27. The summed E-state index contributed by atoms with van der Waals surface area (Å²) >= 11 is 5.74. The molecule has 0 bridgehead atoms. The number of carbonyl (C=O) groups is 2. The molecule has 1 amide bonds. The largest absolute Gasteiger partial charge is 0.507 e. The van der Waals surface area contributed by atoms with Gasteiger partial charge in [0.25, 0.3) is 5.91 Å². The topological polar surface area (TPSA) is 66.8 Å². The van der Waals surface area contributed by atoms with Gasteiger partial charge in [-0.25, -0.2) is 4.79 Å². The van der Waals surface area contributed by atoms with Crippen LogP contribution in [-0.2, 0) is 9.53 Å². The Morgan fingerprint density at radius 1 is 1.13 bits per heavy atom. The molecule has 0 aliphatic heterocycles. The summed E-state index contributed by atoms with van der Waals surface area (Å²) in [5.74, 6) is -1.48. The van der Waals surface area contributed by atoms with E-state index in [1.165, 1.54) is 23.1 Å². The van der Waals surface area contributed by atoms with Gasteiger partial charge >= 0.3 is 5.97 Å². The lowest BCUT2D eigenvalue weighted by molar-refractivity contribution is -0.138. The van der Waals surface area contributed by atoms with Crippen LogP contribution in [0.15, 0.2) is 48.5 Å². The van der Waals surface area contributed by atoms with Crippen LogP contribution in [0.5, 0.6) is 5.75 Å². The third-order valence-corrected chi connectivity index (χ3v) is 3.41. The maximum absolute atomic E-state index is 12.3. The number of benzene rings is 2. The van der Waals surface area contributed by atoms with E-state index in [1.807, 2.05) is 0 Å². The Labute approximate surface area is 139 Å². The van der Waals surface area contributed by atoms with Gasteiger partial charge in [0.05, 0.1) is 0 Å². The number of phenols is 1. The minimum atomic E-state index is -1.09. The maximum atomic E-state index is 12.3. The number of aromatic hydroxyl groups is 1. The van der Waals surface area contributed by atoms with Crippen molar-refractivity contribution >= 4 is 23.5 Å². The fourth-order valence-electron chi connectivity index (χ4n) is 1.97. The Balaban J connectivity index is 2.30. The summed E-state index contributed by atoms with van der Waals surface area (Å²) in [5, 5.41) is 10.1. The first-order valence-electron chi connectivity index (χ1n) is 6.85. The Bertz CT molecular complexity index is 716. The first-order chi connectivity index (χ1) is 10.9. The molecule has 0 aliphatic carbocycles. The Morgan fingerprint density at radius 3 is 2.35 bits per heavy atom. The number of carbonyl (C=O) groups excluding carboxylic acids is 2. The molecule has 0 radical (unpaired) electrons. The van der Waals surface area contributed by atoms with Crippen molar-refractivity contribution in [1.29, 1.82) is 0 Å². The highest BCUT2D eigenvalue weighted by Crippen LogP contribution is 2.26. The average Bonchev–Trinajstić information content (AvgIpc) is 2.52. The van der Waals surface area contributed by atoms with E-state index in [0.717, 1.165) is 0 Å². The molecule has 120 valence electrons. The second kappa shape index (κ2) is 7.15. The first-order valence-corrected chi connectivity index (χ1v) is 7.23. The number of halogens is 1. The first kappa shape index (κ1) is 16.8. The van der Waals surface area contributed by atoms with E-state index in [4.69, 9.17) is 16.3 Å². The van der Waals surface area contributed by atoms with E-state index >= 15 is 0 Å². The van der Waals surface area contributed by atoms with Crippen LogP contribution in [0, 0.1) is 0 Å². The summed E-state index contributed by atoms with van der Waals surface area (Å²) in [6.45, 7) is 0. The number of hydrogen-bond donors (Lipinski definition) is 1. The standard InChI is InChI=1S/C17H16ClNO4/c1-19(2)16(21)15(11-6-4-3-5-7-11)23-17(22)13-9-8-12(18)10-14(13)20/h3-10,15,20H,1-2H3. The number of nitrogens with zero attached hydrogens (tertiary/aromatic N) is 1. The molecule has 5 nitrogen and oxygen atoms in total. The van der Waals surface area contributed by atoms with Crippen LogP contribution in [0.1, 0.15) is 22.0 Å². The molecule has 0 saturated heterocycles. The van der Waals surface area contributed by atoms with Gasteiger partial charge in [-0.15, -0.1) is 0 Å². The molecule has 0 saturated carbocycles. The number of esters is 1. The highest BCUT2D eigenvalue weighted by atomic mass is 35.5. The van der Waals surface area contributed by atoms with Crippen molar-refractivity contribution in [3.63, 3.8) is 0 Å². The summed E-state index contributed by atoms with van der Waals surface area (Å²) < 4.78 is 5.33. The van der Waals surface area contributed by atoms with Crippen molar-refractivity contribution < 1.29 is 19.4 Å². The van der Waals surface area contributed by atoms with Gasteiger partial charge in [0.2, 0.25) is 6.10 Å². The van der Waals surface area contributed by atoms with Crippen LogP contribution >= 0.6 is 11.6 Å². The van der Waals surface area contributed by atoms with Crippen LogP contribution in [0.2, 0.25) is 5.02 Å². The van der Waals surface area contributed by atoms with Gasteiger partial charge in [-0.1, -0.05) is 41.9 Å². The Kier molecular flexibility index (Phi) is 5.24. The molecule has 6 heteroatoms. The van der Waals surface area contributed by atoms with Crippen molar-refractivity contribution in [2.75, 3.05) is 14.1 Å². The quantitative estimate of drug-likeness (QED) is 0.873. The minimum Gasteiger partial charge on any atom is -0.507 e. The molecule has 0 spiro atoms. The summed E-state index contributed by atoms with van der Waals surface area (Å²) in [6.07, 6.45) is -1.09. The number of phenolic OH excluding ortho intramolecular Hbond substituents is 1. The Morgan fingerprint density at radius 2 is 1.78 bits per heavy atom. The van der Waals surface area contributed by atoms with E-state index in [2.05, 4.69) is 0 Å². The van der Waals surface area contributed by atoms with E-state index in [0.29, 0.717) is 10.6 Å². The van der Waals surface area contributed by atoms with Gasteiger partial charge in [0.15, 0.2) is 0 Å². The van der Waals surface area contributed by atoms with Crippen molar-refractivity contribution in [3.05, 3.63) is 64.7 Å². The number of amides is 1. The van der Waals surface area contributed by atoms with E-state index in [1.54, 1.807) is 44.4 Å². The molecular weight excluding hydrogens is 318 g/mol. The predicted octanol–water partition coefficient (Wildman–Crippen LogP) is 3.03. The van der Waals surface area contributed by atoms with Crippen LogP contribution in [0.4, 0.5) is 0 Å². The fraction of sp³-hybridized carbons (Fsp3) is 0.176. The second-order valence-corrected chi connectivity index (χ2v) is 5.53. The maximum Gasteiger partial charge on any atom is 0.343 e. The summed E-state index contributed by atoms with van der Waals surface area (Å²) in [4.78, 5) is 25.9. The van der Waals surface area contributed by atoms with Gasteiger partial charge in [-0.2, -0.15) is 0 Å². The van der Waals surface area contributed by atoms with Crippen molar-refractivity contribution in [2.24, 2.45) is 0 Å². The normalized spacial score (nSPS) is 11.6. The number of rotatable bonds is 4. The molecule has 1 unspecified atom stereocenters. The van der Waals surface area contributed by atoms with Crippen LogP contribution < -0.4 is 0 Å². The van der Waals surface area contributed by atoms with Gasteiger partial charge in [-0.3, -0.25) is 4.79 Å². The number of ether oxygens (including phenoxy) is 1. The van der Waals surface area contributed by atoms with Crippen LogP contribution in [-0.4, -0.2) is 36.0 Å². The summed E-state index contributed by atoms with van der Waals surface area (Å²) in [5.41, 5.74) is 0.495. The third-order valence-electron chi connectivity index (χ3n) is 3.17. The van der Waals surface area contributed by atoms with Gasteiger partial charge in [0, 0.05) is 24.7 Å². The van der Waals surface area contributed by atoms with Gasteiger partial charge < -0.3 is 14.7 Å².